The van der Waals surface area contributed by atoms with Gasteiger partial charge in [-0.15, -0.1) is 0 Å². The number of carbonyl (C=O) groups excluding carboxylic acids is 3. The van der Waals surface area contributed by atoms with E-state index in [2.05, 4.69) is 5.32 Å². The lowest BCUT2D eigenvalue weighted by Gasteiger charge is -2.30. The normalized spacial score (nSPS) is 19.8. The van der Waals surface area contributed by atoms with Gasteiger partial charge < -0.3 is 10.1 Å². The van der Waals surface area contributed by atoms with Crippen molar-refractivity contribution in [1.29, 1.82) is 0 Å². The Morgan fingerprint density at radius 3 is 2.30 bits per heavy atom. The molecule has 2 aliphatic rings. The number of aryl methyl sites for hydroxylation is 1. The number of benzene rings is 3. The molecule has 6 rings (SSSR count). The lowest BCUT2D eigenvalue weighted by Crippen LogP contribution is -2.33. The van der Waals surface area contributed by atoms with Crippen LogP contribution in [0.5, 0.6) is 5.75 Å². The van der Waals surface area contributed by atoms with Gasteiger partial charge in [-0.25, -0.2) is 4.90 Å². The number of aromatic nitrogens is 1. The fraction of sp³-hybridized carbons (Fsp3) is 0.200. The molecule has 0 radical (unpaired) electrons. The fourth-order valence-electron chi connectivity index (χ4n) is 5.24. The lowest BCUT2D eigenvalue weighted by molar-refractivity contribution is -0.122. The molecule has 3 amide bonds. The van der Waals surface area contributed by atoms with E-state index in [4.69, 9.17) is 4.74 Å². The minimum absolute atomic E-state index is 0.206. The first kappa shape index (κ1) is 26.1. The predicted molar refractivity (Wildman–Crippen MR) is 155 cm³/mol. The van der Waals surface area contributed by atoms with Gasteiger partial charge in [-0.3, -0.25) is 23.7 Å². The van der Waals surface area contributed by atoms with Gasteiger partial charge in [0.05, 0.1) is 23.7 Å². The van der Waals surface area contributed by atoms with Gasteiger partial charge in [0.15, 0.2) is 0 Å². The summed E-state index contributed by atoms with van der Waals surface area (Å²) in [4.78, 5) is 55.5. The van der Waals surface area contributed by atoms with Gasteiger partial charge in [0.25, 0.3) is 0 Å². The van der Waals surface area contributed by atoms with Gasteiger partial charge in [0, 0.05) is 16.5 Å². The number of thiazole rings is 1. The number of hydrogen-bond acceptors (Lipinski definition) is 7. The summed E-state index contributed by atoms with van der Waals surface area (Å²) in [5.41, 5.74) is 3.01. The summed E-state index contributed by atoms with van der Waals surface area (Å²) in [5, 5.41) is 2.65. The zero-order valence-corrected chi connectivity index (χ0v) is 23.3. The molecule has 3 heterocycles. The van der Waals surface area contributed by atoms with Crippen LogP contribution in [0.3, 0.4) is 0 Å². The first-order chi connectivity index (χ1) is 19.4. The number of nitrogens with one attached hydrogen (secondary N) is 1. The molecule has 1 aromatic heterocycles. The number of fused-ring (bicyclic) bond motifs is 2. The quantitative estimate of drug-likeness (QED) is 0.338. The average molecular weight is 572 g/mol. The Morgan fingerprint density at radius 1 is 0.925 bits per heavy atom. The van der Waals surface area contributed by atoms with Gasteiger partial charge in [0.2, 0.25) is 17.7 Å². The number of amides is 3. The molecule has 1 fully saturated rings. The van der Waals surface area contributed by atoms with E-state index in [0.717, 1.165) is 22.5 Å². The Labute approximate surface area is 238 Å². The van der Waals surface area contributed by atoms with Crippen molar-refractivity contribution < 1.29 is 19.1 Å². The molecule has 10 heteroatoms. The summed E-state index contributed by atoms with van der Waals surface area (Å²) in [5.74, 6) is -1.56. The number of anilines is 2. The highest BCUT2D eigenvalue weighted by Crippen LogP contribution is 2.54. The Morgan fingerprint density at radius 2 is 1.62 bits per heavy atom. The molecule has 202 valence electrons. The maximum atomic E-state index is 13.9. The standard InChI is InChI=1S/C30H25N3O5S2/c1-17-8-12-19(13-9-17)31-22(34)16-32-29-26(40-30(32)37)23(18-10-14-21(38-2)15-11-18)24-25(39-29)28(36)33(27(24)35)20-6-4-3-5-7-20/h3-15,23-25H,16H2,1-2H3,(H,31,34). The Bertz CT molecular complexity index is 1660. The molecule has 0 bridgehead atoms. The van der Waals surface area contributed by atoms with E-state index < -0.39 is 17.1 Å². The number of ether oxygens (including phenoxy) is 1. The molecule has 0 aliphatic carbocycles. The zero-order chi connectivity index (χ0) is 28.0. The van der Waals surface area contributed by atoms with Crippen molar-refractivity contribution in [2.75, 3.05) is 17.3 Å². The number of rotatable bonds is 6. The monoisotopic (exact) mass is 571 g/mol. The van der Waals surface area contributed by atoms with Crippen molar-refractivity contribution in [3.05, 3.63) is 105 Å². The number of methoxy groups -OCH3 is 1. The van der Waals surface area contributed by atoms with Crippen LogP contribution < -0.4 is 19.8 Å². The maximum absolute atomic E-state index is 13.9. The van der Waals surface area contributed by atoms with Crippen LogP contribution in [0.25, 0.3) is 0 Å². The Kier molecular flexibility index (Phi) is 6.81. The minimum atomic E-state index is -0.743. The van der Waals surface area contributed by atoms with E-state index in [9.17, 15) is 19.2 Å². The highest BCUT2D eigenvalue weighted by Gasteiger charge is 2.56. The van der Waals surface area contributed by atoms with E-state index in [0.29, 0.717) is 27.0 Å². The van der Waals surface area contributed by atoms with E-state index >= 15 is 0 Å². The van der Waals surface area contributed by atoms with Gasteiger partial charge in [-0.2, -0.15) is 0 Å². The van der Waals surface area contributed by atoms with Crippen molar-refractivity contribution in [2.24, 2.45) is 5.92 Å². The number of imide groups is 1. The van der Waals surface area contributed by atoms with Gasteiger partial charge >= 0.3 is 4.87 Å². The number of hydrogen-bond donors (Lipinski definition) is 1. The Balaban J connectivity index is 1.41. The van der Waals surface area contributed by atoms with Crippen molar-refractivity contribution >= 4 is 52.2 Å². The summed E-state index contributed by atoms with van der Waals surface area (Å²) in [7, 11) is 1.57. The third-order valence-electron chi connectivity index (χ3n) is 7.18. The molecule has 40 heavy (non-hydrogen) atoms. The maximum Gasteiger partial charge on any atom is 0.308 e. The van der Waals surface area contributed by atoms with Crippen LogP contribution in [0.4, 0.5) is 11.4 Å². The highest BCUT2D eigenvalue weighted by atomic mass is 32.2. The second-order valence-electron chi connectivity index (χ2n) is 9.70. The molecule has 8 nitrogen and oxygen atoms in total. The molecule has 3 atom stereocenters. The van der Waals surface area contributed by atoms with Gasteiger partial charge in [-0.1, -0.05) is 71.1 Å². The van der Waals surface area contributed by atoms with Crippen LogP contribution in [0.1, 0.15) is 21.9 Å². The molecule has 1 N–H and O–H groups in total. The van der Waals surface area contributed by atoms with Crippen LogP contribution in [-0.4, -0.2) is 34.6 Å². The second kappa shape index (κ2) is 10.4. The summed E-state index contributed by atoms with van der Waals surface area (Å²) in [6.45, 7) is 1.75. The van der Waals surface area contributed by atoms with E-state index in [1.807, 2.05) is 37.3 Å². The predicted octanol–water partition coefficient (Wildman–Crippen LogP) is 4.66. The molecule has 0 spiro atoms. The van der Waals surface area contributed by atoms with Crippen LogP contribution in [0.2, 0.25) is 0 Å². The number of nitrogens with zero attached hydrogens (tertiary/aromatic N) is 2. The smallest absolute Gasteiger partial charge is 0.308 e. The van der Waals surface area contributed by atoms with Crippen LogP contribution in [0.15, 0.2) is 88.7 Å². The molecule has 3 aromatic carbocycles. The van der Waals surface area contributed by atoms with Crippen molar-refractivity contribution in [3.63, 3.8) is 0 Å². The third kappa shape index (κ3) is 4.52. The van der Waals surface area contributed by atoms with Crippen LogP contribution in [-0.2, 0) is 20.9 Å². The molecular weight excluding hydrogens is 546 g/mol. The SMILES string of the molecule is COc1ccc(C2c3sc(=O)n(CC(=O)Nc4ccc(C)cc4)c3SC3C(=O)N(c4ccccc4)C(=O)C32)cc1. The fourth-order valence-corrected chi connectivity index (χ4v) is 8.01. The summed E-state index contributed by atoms with van der Waals surface area (Å²) < 4.78 is 6.74. The van der Waals surface area contributed by atoms with Crippen molar-refractivity contribution in [1.82, 2.24) is 4.57 Å². The summed E-state index contributed by atoms with van der Waals surface area (Å²) in [6, 6.07) is 23.6. The number of carbonyl (C=O) groups is 3. The minimum Gasteiger partial charge on any atom is -0.497 e. The molecular formula is C30H25N3O5S2. The molecule has 0 saturated carbocycles. The Hall–Kier alpha value is -4.15. The van der Waals surface area contributed by atoms with Crippen LogP contribution in [0, 0.1) is 12.8 Å². The lowest BCUT2D eigenvalue weighted by atomic mass is 9.83. The average Bonchev–Trinajstić information content (AvgIpc) is 3.41. The van der Waals surface area contributed by atoms with Gasteiger partial charge in [-0.05, 0) is 48.9 Å². The van der Waals surface area contributed by atoms with Crippen LogP contribution >= 0.6 is 23.1 Å². The third-order valence-corrected chi connectivity index (χ3v) is 9.78. The second-order valence-corrected chi connectivity index (χ2v) is 11.8. The van der Waals surface area contributed by atoms with Crippen molar-refractivity contribution in [2.45, 2.75) is 29.7 Å². The topological polar surface area (TPSA) is 97.7 Å². The van der Waals surface area contributed by atoms with E-state index in [1.54, 1.807) is 55.6 Å². The zero-order valence-electron chi connectivity index (χ0n) is 21.7. The summed E-state index contributed by atoms with van der Waals surface area (Å²) >= 11 is 2.22. The first-order valence-electron chi connectivity index (χ1n) is 12.7. The van der Waals surface area contributed by atoms with E-state index in [1.165, 1.54) is 21.2 Å². The highest BCUT2D eigenvalue weighted by molar-refractivity contribution is 8.00. The summed E-state index contributed by atoms with van der Waals surface area (Å²) in [6.07, 6.45) is 0. The van der Waals surface area contributed by atoms with Crippen molar-refractivity contribution in [3.8, 4) is 5.75 Å². The molecule has 1 saturated heterocycles. The molecule has 4 aromatic rings. The largest absolute Gasteiger partial charge is 0.497 e. The number of thioether (sulfide) groups is 1. The van der Waals surface area contributed by atoms with Gasteiger partial charge in [0.1, 0.15) is 17.5 Å². The first-order valence-corrected chi connectivity index (χ1v) is 14.4. The molecule has 2 aliphatic heterocycles. The van der Waals surface area contributed by atoms with E-state index in [-0.39, 0.29) is 29.1 Å². The molecule has 3 unspecified atom stereocenters. The number of para-hydroxylation sites is 1.